The third-order valence-electron chi connectivity index (χ3n) is 5.15. The first kappa shape index (κ1) is 30.1. The number of carbonyl (C=O) groups is 5. The Hall–Kier alpha value is -2.89. The standard InChI is InChI=1S/C19H33N5O11/c1-7(34-15-13(22-8(2)26)19(33)35-11(5-20)14(15)29)17(31)24-10(6-25)18(32)23-9(16(21)30)3-4-12(27)28/h7,9-11,13-15,19,25,29,33H,3-6,20H2,1-2H3,(H2,21,30)(H,22,26)(H,23,32)(H,24,31)(H,27,28)/t7-,9-,10+,11-,13-,14-,15-,19-/m1/s1. The molecule has 0 aromatic carbocycles. The van der Waals surface area contributed by atoms with Crippen molar-refractivity contribution in [3.05, 3.63) is 0 Å². The Kier molecular flexibility index (Phi) is 11.9. The fourth-order valence-corrected chi connectivity index (χ4v) is 3.29. The van der Waals surface area contributed by atoms with Gasteiger partial charge in [-0.15, -0.1) is 0 Å². The summed E-state index contributed by atoms with van der Waals surface area (Å²) in [4.78, 5) is 58.7. The van der Waals surface area contributed by atoms with Crippen molar-refractivity contribution in [2.24, 2.45) is 11.5 Å². The van der Waals surface area contributed by atoms with Gasteiger partial charge in [-0.05, 0) is 13.3 Å². The highest BCUT2D eigenvalue weighted by molar-refractivity contribution is 5.92. The zero-order chi connectivity index (χ0) is 26.9. The Bertz CT molecular complexity index is 782. The number of carboxylic acid groups (broad SMARTS) is 1. The topological polar surface area (TPSA) is 273 Å². The molecule has 0 unspecified atom stereocenters. The maximum absolute atomic E-state index is 12.6. The van der Waals surface area contributed by atoms with E-state index in [1.807, 2.05) is 0 Å². The van der Waals surface area contributed by atoms with Crippen molar-refractivity contribution in [2.45, 2.75) is 75.5 Å². The minimum atomic E-state index is -1.61. The van der Waals surface area contributed by atoms with Crippen molar-refractivity contribution in [2.75, 3.05) is 13.2 Å². The van der Waals surface area contributed by atoms with Crippen LogP contribution in [0.3, 0.4) is 0 Å². The Balaban J connectivity index is 2.88. The number of carbonyl (C=O) groups excluding carboxylic acids is 4. The number of hydrogen-bond acceptors (Lipinski definition) is 11. The third kappa shape index (κ3) is 9.00. The van der Waals surface area contributed by atoms with Crippen molar-refractivity contribution in [3.63, 3.8) is 0 Å². The lowest BCUT2D eigenvalue weighted by Gasteiger charge is -2.43. The number of hydrogen-bond donors (Lipinski definition) is 9. The number of aliphatic hydroxyl groups excluding tert-OH is 3. The molecule has 1 rings (SSSR count). The summed E-state index contributed by atoms with van der Waals surface area (Å²) in [5.41, 5.74) is 10.7. The van der Waals surface area contributed by atoms with E-state index in [1.165, 1.54) is 6.92 Å². The van der Waals surface area contributed by atoms with Gasteiger partial charge < -0.3 is 57.3 Å². The number of carboxylic acids is 1. The average Bonchev–Trinajstić information content (AvgIpc) is 2.78. The van der Waals surface area contributed by atoms with E-state index in [0.29, 0.717) is 0 Å². The predicted molar refractivity (Wildman–Crippen MR) is 115 cm³/mol. The van der Waals surface area contributed by atoms with Gasteiger partial charge in [0.15, 0.2) is 6.29 Å². The van der Waals surface area contributed by atoms with Gasteiger partial charge in [0.2, 0.25) is 23.6 Å². The molecule has 0 saturated carbocycles. The van der Waals surface area contributed by atoms with Crippen molar-refractivity contribution in [1.29, 1.82) is 0 Å². The Morgan fingerprint density at radius 1 is 1.09 bits per heavy atom. The van der Waals surface area contributed by atoms with Crippen molar-refractivity contribution in [3.8, 4) is 0 Å². The second-order valence-electron chi connectivity index (χ2n) is 7.90. The van der Waals surface area contributed by atoms with Gasteiger partial charge in [0.1, 0.15) is 42.5 Å². The van der Waals surface area contributed by atoms with E-state index in [2.05, 4.69) is 16.0 Å². The average molecular weight is 507 g/mol. The first-order valence-corrected chi connectivity index (χ1v) is 10.7. The summed E-state index contributed by atoms with van der Waals surface area (Å²) in [6.07, 6.45) is -7.61. The highest BCUT2D eigenvalue weighted by Gasteiger charge is 2.46. The van der Waals surface area contributed by atoms with Gasteiger partial charge in [-0.25, -0.2) is 0 Å². The smallest absolute Gasteiger partial charge is 0.303 e. The highest BCUT2D eigenvalue weighted by Crippen LogP contribution is 2.23. The maximum atomic E-state index is 12.6. The molecular weight excluding hydrogens is 474 g/mol. The molecule has 200 valence electrons. The minimum Gasteiger partial charge on any atom is -0.481 e. The van der Waals surface area contributed by atoms with Crippen LogP contribution in [0.5, 0.6) is 0 Å². The minimum absolute atomic E-state index is 0.207. The molecule has 16 heteroatoms. The molecule has 1 saturated heterocycles. The second kappa shape index (κ2) is 13.9. The van der Waals surface area contributed by atoms with Gasteiger partial charge in [-0.1, -0.05) is 0 Å². The quantitative estimate of drug-likeness (QED) is 0.113. The largest absolute Gasteiger partial charge is 0.481 e. The van der Waals surface area contributed by atoms with Gasteiger partial charge in [0.25, 0.3) is 0 Å². The number of nitrogens with two attached hydrogens (primary N) is 2. The molecule has 1 heterocycles. The van der Waals surface area contributed by atoms with Crippen LogP contribution < -0.4 is 27.4 Å². The molecule has 0 spiro atoms. The molecule has 0 aromatic rings. The van der Waals surface area contributed by atoms with E-state index < -0.39 is 91.5 Å². The molecule has 16 nitrogen and oxygen atoms in total. The van der Waals surface area contributed by atoms with Crippen molar-refractivity contribution in [1.82, 2.24) is 16.0 Å². The molecule has 8 atom stereocenters. The lowest BCUT2D eigenvalue weighted by atomic mass is 9.96. The van der Waals surface area contributed by atoms with Crippen LogP contribution in [-0.2, 0) is 33.4 Å². The normalized spacial score (nSPS) is 26.6. The Labute approximate surface area is 200 Å². The zero-order valence-corrected chi connectivity index (χ0v) is 19.2. The van der Waals surface area contributed by atoms with Crippen LogP contribution in [-0.4, -0.2) is 112 Å². The van der Waals surface area contributed by atoms with Gasteiger partial charge in [0, 0.05) is 19.9 Å². The summed E-state index contributed by atoms with van der Waals surface area (Å²) in [6.45, 7) is 1.30. The zero-order valence-electron chi connectivity index (χ0n) is 19.2. The first-order chi connectivity index (χ1) is 16.3. The predicted octanol–water partition coefficient (Wildman–Crippen LogP) is -5.39. The van der Waals surface area contributed by atoms with Gasteiger partial charge in [-0.3, -0.25) is 24.0 Å². The molecule has 1 aliphatic rings. The second-order valence-corrected chi connectivity index (χ2v) is 7.90. The number of aliphatic carboxylic acids is 1. The molecule has 11 N–H and O–H groups in total. The van der Waals surface area contributed by atoms with Crippen LogP contribution in [0.2, 0.25) is 0 Å². The van der Waals surface area contributed by atoms with Gasteiger partial charge in [0.05, 0.1) is 6.61 Å². The molecule has 0 bridgehead atoms. The van der Waals surface area contributed by atoms with Gasteiger partial charge in [-0.2, -0.15) is 0 Å². The van der Waals surface area contributed by atoms with Gasteiger partial charge >= 0.3 is 5.97 Å². The van der Waals surface area contributed by atoms with Crippen LogP contribution in [0, 0.1) is 0 Å². The molecule has 4 amide bonds. The highest BCUT2D eigenvalue weighted by atomic mass is 16.6. The number of rotatable bonds is 13. The number of nitrogens with one attached hydrogen (secondary N) is 3. The van der Waals surface area contributed by atoms with Crippen molar-refractivity contribution < 1.29 is 53.9 Å². The summed E-state index contributed by atoms with van der Waals surface area (Å²) in [7, 11) is 0. The number of amides is 4. The first-order valence-electron chi connectivity index (χ1n) is 10.7. The molecule has 35 heavy (non-hydrogen) atoms. The fourth-order valence-electron chi connectivity index (χ4n) is 3.29. The number of ether oxygens (including phenoxy) is 2. The molecule has 0 radical (unpaired) electrons. The molecule has 1 fully saturated rings. The molecule has 0 aliphatic carbocycles. The summed E-state index contributed by atoms with van der Waals surface area (Å²) in [5, 5.41) is 45.7. The van der Waals surface area contributed by atoms with Crippen molar-refractivity contribution >= 4 is 29.6 Å². The van der Waals surface area contributed by atoms with E-state index in [1.54, 1.807) is 0 Å². The number of primary amides is 1. The van der Waals surface area contributed by atoms with E-state index in [0.717, 1.165) is 6.92 Å². The lowest BCUT2D eigenvalue weighted by molar-refractivity contribution is -0.258. The Morgan fingerprint density at radius 2 is 1.69 bits per heavy atom. The van der Waals surface area contributed by atoms with Crippen LogP contribution in [0.25, 0.3) is 0 Å². The SMILES string of the molecule is CC(=O)N[C@@H]1[C@@H](O[C@H](C)C(=O)N[C@@H](CO)C(=O)N[C@H](CCC(=O)O)C(N)=O)[C@H](O)[C@@H](CN)O[C@H]1O. The van der Waals surface area contributed by atoms with Crippen LogP contribution in [0.1, 0.15) is 26.7 Å². The third-order valence-corrected chi connectivity index (χ3v) is 5.15. The van der Waals surface area contributed by atoms with E-state index in [9.17, 15) is 39.3 Å². The molecule has 1 aliphatic heterocycles. The van der Waals surface area contributed by atoms with E-state index in [-0.39, 0.29) is 13.0 Å². The summed E-state index contributed by atoms with van der Waals surface area (Å²) in [5.74, 6) is -4.75. The van der Waals surface area contributed by atoms with Crippen LogP contribution in [0.15, 0.2) is 0 Å². The maximum Gasteiger partial charge on any atom is 0.303 e. The number of aliphatic hydroxyl groups is 3. The van der Waals surface area contributed by atoms with E-state index in [4.69, 9.17) is 26.0 Å². The summed E-state index contributed by atoms with van der Waals surface area (Å²) >= 11 is 0. The van der Waals surface area contributed by atoms with E-state index >= 15 is 0 Å². The molecular formula is C19H33N5O11. The molecule has 0 aromatic heterocycles. The fraction of sp³-hybridized carbons (Fsp3) is 0.737. The van der Waals surface area contributed by atoms with Crippen LogP contribution in [0.4, 0.5) is 0 Å². The monoisotopic (exact) mass is 507 g/mol. The lowest BCUT2D eigenvalue weighted by Crippen LogP contribution is -2.66. The summed E-state index contributed by atoms with van der Waals surface area (Å²) in [6, 6.07) is -4.18. The van der Waals surface area contributed by atoms with Crippen LogP contribution >= 0.6 is 0 Å². The summed E-state index contributed by atoms with van der Waals surface area (Å²) < 4.78 is 10.7. The Morgan fingerprint density at radius 3 is 2.17 bits per heavy atom.